The quantitative estimate of drug-likeness (QED) is 0.619. The van der Waals surface area contributed by atoms with Crippen molar-refractivity contribution in [3.63, 3.8) is 0 Å². The van der Waals surface area contributed by atoms with E-state index >= 15 is 0 Å². The Bertz CT molecular complexity index is 819. The Morgan fingerprint density at radius 2 is 1.83 bits per heavy atom. The number of para-hydroxylation sites is 1. The van der Waals surface area contributed by atoms with Gasteiger partial charge in [-0.1, -0.05) is 24.3 Å². The van der Waals surface area contributed by atoms with Gasteiger partial charge in [0.2, 0.25) is 0 Å². The summed E-state index contributed by atoms with van der Waals surface area (Å²) in [5.74, 6) is 1.65. The van der Waals surface area contributed by atoms with Crippen molar-refractivity contribution in [1.29, 1.82) is 0 Å². The third-order valence-corrected chi connectivity index (χ3v) is 4.48. The van der Waals surface area contributed by atoms with Crippen molar-refractivity contribution >= 4 is 39.2 Å². The van der Waals surface area contributed by atoms with Gasteiger partial charge in [-0.3, -0.25) is 4.98 Å². The van der Waals surface area contributed by atoms with Crippen molar-refractivity contribution in [2.75, 3.05) is 19.5 Å². The number of fused-ring (bicyclic) bond motifs is 1. The molecule has 0 aliphatic heterocycles. The highest BCUT2D eigenvalue weighted by molar-refractivity contribution is 14.1. The lowest BCUT2D eigenvalue weighted by atomic mass is 10.1. The zero-order valence-corrected chi connectivity index (χ0v) is 15.1. The first-order chi connectivity index (χ1) is 11.2. The Balaban J connectivity index is 1.91. The Labute approximate surface area is 149 Å². The Hall–Kier alpha value is -2.02. The molecule has 1 aromatic heterocycles. The summed E-state index contributed by atoms with van der Waals surface area (Å²) in [6.07, 6.45) is 1.86. The fourth-order valence-corrected chi connectivity index (χ4v) is 3.07. The summed E-state index contributed by atoms with van der Waals surface area (Å²) in [6.45, 7) is 0.732. The van der Waals surface area contributed by atoms with Gasteiger partial charge in [0.15, 0.2) is 0 Å². The number of hydrogen-bond acceptors (Lipinski definition) is 4. The van der Waals surface area contributed by atoms with E-state index in [1.165, 1.54) is 5.56 Å². The van der Waals surface area contributed by atoms with Gasteiger partial charge in [0, 0.05) is 18.1 Å². The lowest BCUT2D eigenvalue weighted by Gasteiger charge is -2.13. The second-order valence-corrected chi connectivity index (χ2v) is 6.20. The van der Waals surface area contributed by atoms with Crippen LogP contribution in [0.1, 0.15) is 5.56 Å². The van der Waals surface area contributed by atoms with Gasteiger partial charge in [-0.2, -0.15) is 0 Å². The first kappa shape index (κ1) is 15.9. The van der Waals surface area contributed by atoms with Gasteiger partial charge in [-0.05, 0) is 46.4 Å². The maximum absolute atomic E-state index is 5.40. The topological polar surface area (TPSA) is 43.4 Å². The molecule has 0 aliphatic carbocycles. The monoisotopic (exact) mass is 420 g/mol. The summed E-state index contributed by atoms with van der Waals surface area (Å²) < 4.78 is 11.7. The van der Waals surface area contributed by atoms with Crippen LogP contribution in [0, 0.1) is 3.57 Å². The summed E-state index contributed by atoms with van der Waals surface area (Å²) in [5.41, 5.74) is 3.13. The summed E-state index contributed by atoms with van der Waals surface area (Å²) >= 11 is 2.30. The smallest absolute Gasteiger partial charge is 0.145 e. The first-order valence-corrected chi connectivity index (χ1v) is 8.29. The van der Waals surface area contributed by atoms with E-state index in [-0.39, 0.29) is 0 Å². The molecule has 1 N–H and O–H groups in total. The second kappa shape index (κ2) is 7.04. The van der Waals surface area contributed by atoms with E-state index < -0.39 is 0 Å². The van der Waals surface area contributed by atoms with E-state index in [9.17, 15) is 0 Å². The average Bonchev–Trinajstić information content (AvgIpc) is 2.60. The zero-order chi connectivity index (χ0) is 16.2. The summed E-state index contributed by atoms with van der Waals surface area (Å²) in [5, 5.41) is 4.58. The minimum Gasteiger partial charge on any atom is -0.497 e. The van der Waals surface area contributed by atoms with Crippen molar-refractivity contribution in [3.8, 4) is 11.5 Å². The van der Waals surface area contributed by atoms with Crippen molar-refractivity contribution in [2.24, 2.45) is 0 Å². The number of nitrogens with zero attached hydrogens (tertiary/aromatic N) is 1. The number of rotatable bonds is 5. The minimum atomic E-state index is 0.732. The molecule has 0 spiro atoms. The Morgan fingerprint density at radius 3 is 2.52 bits per heavy atom. The molecule has 5 heteroatoms. The van der Waals surface area contributed by atoms with Crippen molar-refractivity contribution in [1.82, 2.24) is 4.98 Å². The molecule has 2 aromatic carbocycles. The molecular weight excluding hydrogens is 403 g/mol. The van der Waals surface area contributed by atoms with Crippen LogP contribution < -0.4 is 14.8 Å². The number of nitrogens with one attached hydrogen (secondary N) is 1. The molecule has 0 saturated heterocycles. The molecule has 3 aromatic rings. The van der Waals surface area contributed by atoms with Crippen LogP contribution in [0.2, 0.25) is 0 Å². The third-order valence-electron chi connectivity index (χ3n) is 3.66. The average molecular weight is 420 g/mol. The van der Waals surface area contributed by atoms with Gasteiger partial charge in [0.25, 0.3) is 0 Å². The number of anilines is 1. The highest BCUT2D eigenvalue weighted by atomic mass is 127. The molecule has 0 unspecified atom stereocenters. The number of halogens is 1. The molecular formula is C18H17IN2O2. The van der Waals surface area contributed by atoms with Crippen molar-refractivity contribution < 1.29 is 9.47 Å². The number of ether oxygens (including phenoxy) is 2. The Morgan fingerprint density at radius 1 is 1.04 bits per heavy atom. The second-order valence-electron chi connectivity index (χ2n) is 5.04. The SMILES string of the molecule is COc1ccc(CNc2c(I)cnc3c(OC)cccc23)cc1. The molecule has 0 saturated carbocycles. The van der Waals surface area contributed by atoms with Gasteiger partial charge in [-0.15, -0.1) is 0 Å². The third kappa shape index (κ3) is 3.34. The summed E-state index contributed by atoms with van der Waals surface area (Å²) in [7, 11) is 3.34. The maximum atomic E-state index is 5.40. The van der Waals surface area contributed by atoms with E-state index in [0.717, 1.165) is 38.2 Å². The molecule has 3 rings (SSSR count). The highest BCUT2D eigenvalue weighted by Gasteiger charge is 2.10. The van der Waals surface area contributed by atoms with Crippen LogP contribution in [0.4, 0.5) is 5.69 Å². The molecule has 0 amide bonds. The van der Waals surface area contributed by atoms with Crippen LogP contribution in [-0.2, 0) is 6.54 Å². The summed E-state index contributed by atoms with van der Waals surface area (Å²) in [6, 6.07) is 14.0. The molecule has 118 valence electrons. The molecule has 1 heterocycles. The van der Waals surface area contributed by atoms with Gasteiger partial charge in [0.1, 0.15) is 17.0 Å². The van der Waals surface area contributed by atoms with Crippen molar-refractivity contribution in [2.45, 2.75) is 6.54 Å². The molecule has 0 bridgehead atoms. The number of benzene rings is 2. The summed E-state index contributed by atoms with van der Waals surface area (Å²) in [4.78, 5) is 4.50. The maximum Gasteiger partial charge on any atom is 0.145 e. The van der Waals surface area contributed by atoms with Crippen LogP contribution in [-0.4, -0.2) is 19.2 Å². The van der Waals surface area contributed by atoms with E-state index in [1.807, 2.05) is 30.5 Å². The fraction of sp³-hybridized carbons (Fsp3) is 0.167. The van der Waals surface area contributed by atoms with E-state index in [4.69, 9.17) is 9.47 Å². The van der Waals surface area contributed by atoms with Gasteiger partial charge in [0.05, 0.1) is 23.5 Å². The van der Waals surface area contributed by atoms with Crippen LogP contribution in [0.5, 0.6) is 11.5 Å². The Kier molecular flexibility index (Phi) is 4.85. The van der Waals surface area contributed by atoms with Gasteiger partial charge >= 0.3 is 0 Å². The normalized spacial score (nSPS) is 10.6. The van der Waals surface area contributed by atoms with E-state index in [1.54, 1.807) is 14.2 Å². The largest absolute Gasteiger partial charge is 0.497 e. The number of methoxy groups -OCH3 is 2. The predicted octanol–water partition coefficient (Wildman–Crippen LogP) is 4.47. The zero-order valence-electron chi connectivity index (χ0n) is 13.0. The number of pyridine rings is 1. The lowest BCUT2D eigenvalue weighted by molar-refractivity contribution is 0.414. The lowest BCUT2D eigenvalue weighted by Crippen LogP contribution is -2.03. The molecule has 4 nitrogen and oxygen atoms in total. The predicted molar refractivity (Wildman–Crippen MR) is 101 cm³/mol. The highest BCUT2D eigenvalue weighted by Crippen LogP contribution is 2.32. The van der Waals surface area contributed by atoms with Crippen molar-refractivity contribution in [3.05, 3.63) is 57.8 Å². The standard InChI is InChI=1S/C18H17IN2O2/c1-22-13-8-6-12(7-9-13)10-20-17-14-4-3-5-16(23-2)18(14)21-11-15(17)19/h3-9,11H,10H2,1-2H3,(H,20,21). The molecule has 0 radical (unpaired) electrons. The van der Waals surface area contributed by atoms with Crippen LogP contribution in [0.25, 0.3) is 10.9 Å². The minimum absolute atomic E-state index is 0.732. The number of aromatic nitrogens is 1. The van der Waals surface area contributed by atoms with Crippen LogP contribution in [0.3, 0.4) is 0 Å². The fourth-order valence-electron chi connectivity index (χ4n) is 2.45. The first-order valence-electron chi connectivity index (χ1n) is 7.21. The molecule has 23 heavy (non-hydrogen) atoms. The van der Waals surface area contributed by atoms with Crippen LogP contribution >= 0.6 is 22.6 Å². The molecule has 0 aliphatic rings. The van der Waals surface area contributed by atoms with Gasteiger partial charge < -0.3 is 14.8 Å². The number of hydrogen-bond donors (Lipinski definition) is 1. The molecule has 0 fully saturated rings. The molecule has 0 atom stereocenters. The van der Waals surface area contributed by atoms with Gasteiger partial charge in [-0.25, -0.2) is 0 Å². The van der Waals surface area contributed by atoms with E-state index in [0.29, 0.717) is 0 Å². The van der Waals surface area contributed by atoms with Crippen LogP contribution in [0.15, 0.2) is 48.7 Å². The van der Waals surface area contributed by atoms with E-state index in [2.05, 4.69) is 51.1 Å².